The molecule has 2 amide bonds. The zero-order chi connectivity index (χ0) is 18.2. The fourth-order valence-corrected chi connectivity index (χ4v) is 2.37. The Hall–Kier alpha value is -2.48. The molecule has 0 aliphatic rings. The lowest BCUT2D eigenvalue weighted by molar-refractivity contribution is -0.119. The van der Waals surface area contributed by atoms with E-state index in [1.807, 2.05) is 0 Å². The van der Waals surface area contributed by atoms with Crippen molar-refractivity contribution in [2.24, 2.45) is 5.92 Å². The lowest BCUT2D eigenvalue weighted by Crippen LogP contribution is -2.24. The molecule has 1 aromatic carbocycles. The molecule has 1 heterocycles. The van der Waals surface area contributed by atoms with E-state index in [2.05, 4.69) is 20.8 Å². The number of carbonyl (C=O) groups is 2. The van der Waals surface area contributed by atoms with E-state index < -0.39 is 0 Å². The number of carbonyl (C=O) groups excluding carboxylic acids is 2. The second-order valence-electron chi connectivity index (χ2n) is 5.59. The summed E-state index contributed by atoms with van der Waals surface area (Å²) in [7, 11) is 0. The zero-order valence-corrected chi connectivity index (χ0v) is 14.8. The minimum Gasteiger partial charge on any atom is -0.351 e. The lowest BCUT2D eigenvalue weighted by atomic mass is 10.2. The van der Waals surface area contributed by atoms with Crippen LogP contribution in [0.1, 0.15) is 19.4 Å². The van der Waals surface area contributed by atoms with Crippen LogP contribution in [0, 0.1) is 11.7 Å². The molecule has 25 heavy (non-hydrogen) atoms. The molecule has 0 fully saturated rings. The summed E-state index contributed by atoms with van der Waals surface area (Å²) in [6.07, 6.45) is 0. The van der Waals surface area contributed by atoms with Gasteiger partial charge in [-0.3, -0.25) is 9.59 Å². The Balaban J connectivity index is 1.75. The molecule has 0 aliphatic carbocycles. The van der Waals surface area contributed by atoms with Gasteiger partial charge >= 0.3 is 0 Å². The molecule has 0 saturated heterocycles. The van der Waals surface area contributed by atoms with Crippen molar-refractivity contribution in [3.63, 3.8) is 0 Å². The number of rotatable bonds is 7. The Labute approximate surface area is 149 Å². The summed E-state index contributed by atoms with van der Waals surface area (Å²) in [5.74, 6) is -0.169. The Morgan fingerprint density at radius 1 is 1.12 bits per heavy atom. The van der Waals surface area contributed by atoms with Gasteiger partial charge in [0.25, 0.3) is 0 Å². The maximum absolute atomic E-state index is 12.8. The Morgan fingerprint density at radius 3 is 2.44 bits per heavy atom. The van der Waals surface area contributed by atoms with Gasteiger partial charge in [-0.1, -0.05) is 37.7 Å². The minimum atomic E-state index is -0.308. The molecule has 0 aliphatic heterocycles. The van der Waals surface area contributed by atoms with Crippen molar-refractivity contribution in [1.82, 2.24) is 15.5 Å². The molecular formula is C17H19FN4O2S. The second kappa shape index (κ2) is 9.12. The molecule has 8 heteroatoms. The molecule has 2 rings (SSSR count). The topological polar surface area (TPSA) is 84.0 Å². The highest BCUT2D eigenvalue weighted by Crippen LogP contribution is 2.15. The van der Waals surface area contributed by atoms with E-state index >= 15 is 0 Å². The Kier molecular flexibility index (Phi) is 6.88. The van der Waals surface area contributed by atoms with Gasteiger partial charge in [-0.2, -0.15) is 0 Å². The van der Waals surface area contributed by atoms with E-state index in [9.17, 15) is 14.0 Å². The van der Waals surface area contributed by atoms with Crippen LogP contribution in [-0.2, 0) is 16.1 Å². The monoisotopic (exact) mass is 362 g/mol. The normalized spacial score (nSPS) is 10.6. The van der Waals surface area contributed by atoms with Gasteiger partial charge < -0.3 is 10.6 Å². The van der Waals surface area contributed by atoms with Crippen LogP contribution in [0.5, 0.6) is 0 Å². The van der Waals surface area contributed by atoms with Crippen molar-refractivity contribution in [3.05, 3.63) is 47.8 Å². The fourth-order valence-electron chi connectivity index (χ4n) is 1.73. The molecule has 1 aromatic heterocycles. The predicted octanol–water partition coefficient (Wildman–Crippen LogP) is 2.62. The van der Waals surface area contributed by atoms with Gasteiger partial charge in [-0.25, -0.2) is 4.39 Å². The van der Waals surface area contributed by atoms with Gasteiger partial charge in [-0.15, -0.1) is 10.2 Å². The number of anilines is 1. The van der Waals surface area contributed by atoms with Gasteiger partial charge in [0.2, 0.25) is 11.8 Å². The van der Waals surface area contributed by atoms with Crippen molar-refractivity contribution in [2.45, 2.75) is 25.4 Å². The molecule has 0 radical (unpaired) electrons. The number of hydrogen-bond donors (Lipinski definition) is 2. The first-order chi connectivity index (χ1) is 11.9. The van der Waals surface area contributed by atoms with Gasteiger partial charge in [0.1, 0.15) is 10.8 Å². The molecule has 0 saturated carbocycles. The number of hydrogen-bond acceptors (Lipinski definition) is 5. The van der Waals surface area contributed by atoms with Crippen LogP contribution in [0.25, 0.3) is 0 Å². The Bertz CT molecular complexity index is 720. The lowest BCUT2D eigenvalue weighted by Gasteiger charge is -2.07. The van der Waals surface area contributed by atoms with Gasteiger partial charge in [0.05, 0.1) is 5.75 Å². The van der Waals surface area contributed by atoms with Gasteiger partial charge in [-0.05, 0) is 29.8 Å². The first-order valence-corrected chi connectivity index (χ1v) is 8.71. The third kappa shape index (κ3) is 6.50. The third-order valence-electron chi connectivity index (χ3n) is 3.17. The van der Waals surface area contributed by atoms with E-state index in [-0.39, 0.29) is 29.3 Å². The molecule has 6 nitrogen and oxygen atoms in total. The number of benzene rings is 1. The number of aromatic nitrogens is 2. The highest BCUT2D eigenvalue weighted by molar-refractivity contribution is 7.99. The van der Waals surface area contributed by atoms with E-state index in [4.69, 9.17) is 0 Å². The summed E-state index contributed by atoms with van der Waals surface area (Å²) in [6, 6.07) is 9.29. The van der Waals surface area contributed by atoms with Crippen LogP contribution in [0.4, 0.5) is 10.2 Å². The first kappa shape index (κ1) is 18.9. The van der Waals surface area contributed by atoms with Crippen molar-refractivity contribution in [1.29, 1.82) is 0 Å². The van der Waals surface area contributed by atoms with Crippen molar-refractivity contribution in [2.75, 3.05) is 11.1 Å². The van der Waals surface area contributed by atoms with Crippen LogP contribution in [0.15, 0.2) is 41.4 Å². The third-order valence-corrected chi connectivity index (χ3v) is 4.09. The molecule has 2 N–H and O–H groups in total. The molecular weight excluding hydrogens is 343 g/mol. The number of nitrogens with zero attached hydrogens (tertiary/aromatic N) is 2. The SMILES string of the molecule is CC(C)C(=O)Nc1ccc(SCC(=O)NCc2ccc(F)cc2)nn1. The number of nitrogens with one attached hydrogen (secondary N) is 2. The fraction of sp³-hybridized carbons (Fsp3) is 0.294. The van der Waals surface area contributed by atoms with E-state index in [0.717, 1.165) is 5.56 Å². The van der Waals surface area contributed by atoms with Gasteiger partial charge in [0.15, 0.2) is 5.82 Å². The van der Waals surface area contributed by atoms with E-state index in [1.54, 1.807) is 38.1 Å². The average Bonchev–Trinajstić information content (AvgIpc) is 2.60. The standard InChI is InChI=1S/C17H19FN4O2S/c1-11(2)17(24)20-14-7-8-16(22-21-14)25-10-15(23)19-9-12-3-5-13(18)6-4-12/h3-8,11H,9-10H2,1-2H3,(H,19,23)(H,20,21,24). The molecule has 0 spiro atoms. The molecule has 0 unspecified atom stereocenters. The molecule has 2 aromatic rings. The van der Waals surface area contributed by atoms with E-state index in [0.29, 0.717) is 17.4 Å². The first-order valence-electron chi connectivity index (χ1n) is 7.72. The average molecular weight is 362 g/mol. The zero-order valence-electron chi connectivity index (χ0n) is 14.0. The highest BCUT2D eigenvalue weighted by atomic mass is 32.2. The van der Waals surface area contributed by atoms with Crippen molar-refractivity contribution < 1.29 is 14.0 Å². The summed E-state index contributed by atoms with van der Waals surface area (Å²) < 4.78 is 12.8. The smallest absolute Gasteiger partial charge is 0.230 e. The van der Waals surface area contributed by atoms with Crippen LogP contribution < -0.4 is 10.6 Å². The summed E-state index contributed by atoms with van der Waals surface area (Å²) in [5.41, 5.74) is 0.824. The van der Waals surface area contributed by atoms with E-state index in [1.165, 1.54) is 23.9 Å². The highest BCUT2D eigenvalue weighted by Gasteiger charge is 2.09. The van der Waals surface area contributed by atoms with Crippen LogP contribution in [0.3, 0.4) is 0 Å². The number of thioether (sulfide) groups is 1. The maximum atomic E-state index is 12.8. The largest absolute Gasteiger partial charge is 0.351 e. The van der Waals surface area contributed by atoms with Crippen LogP contribution >= 0.6 is 11.8 Å². The molecule has 0 atom stereocenters. The maximum Gasteiger partial charge on any atom is 0.230 e. The quantitative estimate of drug-likeness (QED) is 0.740. The molecule has 0 bridgehead atoms. The Morgan fingerprint density at radius 2 is 1.84 bits per heavy atom. The summed E-state index contributed by atoms with van der Waals surface area (Å²) >= 11 is 1.24. The summed E-state index contributed by atoms with van der Waals surface area (Å²) in [5, 5.41) is 13.9. The second-order valence-corrected chi connectivity index (χ2v) is 6.59. The predicted molar refractivity (Wildman–Crippen MR) is 94.5 cm³/mol. The minimum absolute atomic E-state index is 0.130. The van der Waals surface area contributed by atoms with Crippen molar-refractivity contribution in [3.8, 4) is 0 Å². The molecule has 132 valence electrons. The van der Waals surface area contributed by atoms with Crippen LogP contribution in [-0.4, -0.2) is 27.8 Å². The number of amides is 2. The number of halogens is 1. The van der Waals surface area contributed by atoms with Gasteiger partial charge in [0, 0.05) is 12.5 Å². The summed E-state index contributed by atoms with van der Waals surface area (Å²) in [6.45, 7) is 3.92. The van der Waals surface area contributed by atoms with Crippen LogP contribution in [0.2, 0.25) is 0 Å². The van der Waals surface area contributed by atoms with Crippen molar-refractivity contribution >= 4 is 29.4 Å². The summed E-state index contributed by atoms with van der Waals surface area (Å²) in [4.78, 5) is 23.4.